The number of ether oxygens (including phenoxy) is 1. The van der Waals surface area contributed by atoms with E-state index in [2.05, 4.69) is 25.6 Å². The van der Waals surface area contributed by atoms with E-state index in [9.17, 15) is 9.59 Å². The summed E-state index contributed by atoms with van der Waals surface area (Å²) in [7, 11) is 0. The molecule has 8 nitrogen and oxygen atoms in total. The number of amides is 2. The summed E-state index contributed by atoms with van der Waals surface area (Å²) in [6, 6.07) is 8.60. The number of hydrogen-bond donors (Lipinski definition) is 2. The summed E-state index contributed by atoms with van der Waals surface area (Å²) in [5, 5.41) is 6.32. The summed E-state index contributed by atoms with van der Waals surface area (Å²) in [5.74, 6) is -0.350. The minimum atomic E-state index is -0.421. The summed E-state index contributed by atoms with van der Waals surface area (Å²) in [6.45, 7) is 2.00. The smallest absolute Gasteiger partial charge is 0.275 e. The van der Waals surface area contributed by atoms with E-state index in [1.165, 1.54) is 12.4 Å². The molecule has 3 aromatic rings. The minimum Gasteiger partial charge on any atom is -0.381 e. The Kier molecular flexibility index (Phi) is 5.71. The number of pyridine rings is 3. The third kappa shape index (κ3) is 4.38. The highest BCUT2D eigenvalue weighted by atomic mass is 16.5. The van der Waals surface area contributed by atoms with E-state index in [1.807, 2.05) is 0 Å². The van der Waals surface area contributed by atoms with Crippen LogP contribution in [0.5, 0.6) is 0 Å². The number of carbonyl (C=O) groups is 2. The summed E-state index contributed by atoms with van der Waals surface area (Å²) < 4.78 is 5.34. The van der Waals surface area contributed by atoms with Gasteiger partial charge in [-0.3, -0.25) is 19.6 Å². The summed E-state index contributed by atoms with van der Waals surface area (Å²) in [5.41, 5.74) is 1.43. The molecule has 4 heterocycles. The van der Waals surface area contributed by atoms with Gasteiger partial charge in [0.2, 0.25) is 0 Å². The first-order chi connectivity index (χ1) is 14.2. The third-order valence-electron chi connectivity index (χ3n) is 4.91. The molecule has 8 heteroatoms. The van der Waals surface area contributed by atoms with E-state index in [-0.39, 0.29) is 17.3 Å². The lowest BCUT2D eigenvalue weighted by Gasteiger charge is -2.22. The maximum Gasteiger partial charge on any atom is 0.275 e. The van der Waals surface area contributed by atoms with Gasteiger partial charge in [-0.05, 0) is 49.1 Å². The molecule has 0 bridgehead atoms. The minimum absolute atomic E-state index is 0.172. The normalized spacial score (nSPS) is 14.5. The molecule has 4 rings (SSSR count). The molecule has 1 saturated heterocycles. The van der Waals surface area contributed by atoms with Gasteiger partial charge >= 0.3 is 0 Å². The fraction of sp³-hybridized carbons (Fsp3) is 0.286. The largest absolute Gasteiger partial charge is 0.381 e. The second-order valence-electron chi connectivity index (χ2n) is 6.85. The van der Waals surface area contributed by atoms with Gasteiger partial charge in [0.25, 0.3) is 11.8 Å². The van der Waals surface area contributed by atoms with Gasteiger partial charge in [0, 0.05) is 43.7 Å². The molecule has 2 amide bonds. The van der Waals surface area contributed by atoms with Crippen LogP contribution in [0.1, 0.15) is 33.8 Å². The van der Waals surface area contributed by atoms with E-state index in [0.717, 1.165) is 26.1 Å². The number of aromatic nitrogens is 3. The van der Waals surface area contributed by atoms with E-state index >= 15 is 0 Å². The van der Waals surface area contributed by atoms with Crippen LogP contribution in [0.25, 0.3) is 10.9 Å². The number of hydrogen-bond acceptors (Lipinski definition) is 6. The van der Waals surface area contributed by atoms with Crippen molar-refractivity contribution in [2.75, 3.05) is 25.1 Å². The quantitative estimate of drug-likeness (QED) is 0.692. The van der Waals surface area contributed by atoms with E-state index < -0.39 is 5.91 Å². The molecule has 1 aliphatic rings. The summed E-state index contributed by atoms with van der Waals surface area (Å²) in [4.78, 5) is 38.1. The lowest BCUT2D eigenvalue weighted by atomic mass is 10.0. The van der Waals surface area contributed by atoms with E-state index in [4.69, 9.17) is 4.74 Å². The predicted molar refractivity (Wildman–Crippen MR) is 108 cm³/mol. The van der Waals surface area contributed by atoms with Crippen molar-refractivity contribution in [2.24, 2.45) is 5.92 Å². The van der Waals surface area contributed by atoms with Crippen molar-refractivity contribution in [3.8, 4) is 0 Å². The number of fused-ring (bicyclic) bond motifs is 1. The Morgan fingerprint density at radius 1 is 0.931 bits per heavy atom. The van der Waals surface area contributed by atoms with Crippen LogP contribution < -0.4 is 10.6 Å². The lowest BCUT2D eigenvalue weighted by molar-refractivity contribution is 0.0642. The van der Waals surface area contributed by atoms with Crippen molar-refractivity contribution in [1.29, 1.82) is 0 Å². The van der Waals surface area contributed by atoms with Gasteiger partial charge in [-0.1, -0.05) is 0 Å². The molecule has 0 spiro atoms. The highest BCUT2D eigenvalue weighted by Gasteiger charge is 2.20. The molecule has 0 aliphatic carbocycles. The Balaban J connectivity index is 1.50. The molecule has 0 saturated carbocycles. The van der Waals surface area contributed by atoms with Crippen LogP contribution in [0.3, 0.4) is 0 Å². The van der Waals surface area contributed by atoms with Gasteiger partial charge < -0.3 is 15.4 Å². The first-order valence-electron chi connectivity index (χ1n) is 9.54. The predicted octanol–water partition coefficient (Wildman–Crippen LogP) is 2.43. The zero-order valence-electron chi connectivity index (χ0n) is 15.8. The Bertz CT molecular complexity index is 1030. The molecule has 3 aromatic heterocycles. The van der Waals surface area contributed by atoms with Gasteiger partial charge in [0.15, 0.2) is 5.69 Å². The highest BCUT2D eigenvalue weighted by molar-refractivity contribution is 6.12. The molecule has 1 fully saturated rings. The molecule has 0 atom stereocenters. The molecule has 0 radical (unpaired) electrons. The van der Waals surface area contributed by atoms with Gasteiger partial charge in [-0.15, -0.1) is 0 Å². The van der Waals surface area contributed by atoms with Crippen LogP contribution in [0, 0.1) is 5.92 Å². The van der Waals surface area contributed by atoms with Crippen molar-refractivity contribution >= 4 is 28.4 Å². The number of nitrogens with one attached hydrogen (secondary N) is 2. The molecule has 148 valence electrons. The fourth-order valence-electron chi connectivity index (χ4n) is 3.32. The van der Waals surface area contributed by atoms with Gasteiger partial charge in [0.05, 0.1) is 11.2 Å². The van der Waals surface area contributed by atoms with Gasteiger partial charge in [-0.2, -0.15) is 0 Å². The van der Waals surface area contributed by atoms with Crippen LogP contribution in [0.2, 0.25) is 0 Å². The van der Waals surface area contributed by atoms with Crippen LogP contribution in [-0.2, 0) is 4.74 Å². The number of carbonyl (C=O) groups excluding carboxylic acids is 2. The van der Waals surface area contributed by atoms with Crippen molar-refractivity contribution in [2.45, 2.75) is 12.8 Å². The molecular formula is C21H21N5O3. The topological polar surface area (TPSA) is 106 Å². The second-order valence-corrected chi connectivity index (χ2v) is 6.85. The maximum atomic E-state index is 12.8. The van der Waals surface area contributed by atoms with Crippen LogP contribution in [0.4, 0.5) is 5.69 Å². The van der Waals surface area contributed by atoms with Crippen LogP contribution in [0.15, 0.2) is 48.9 Å². The Hall–Kier alpha value is -3.39. The zero-order valence-corrected chi connectivity index (χ0v) is 15.8. The molecule has 1 aliphatic heterocycles. The highest BCUT2D eigenvalue weighted by Crippen LogP contribution is 2.18. The van der Waals surface area contributed by atoms with Crippen LogP contribution >= 0.6 is 0 Å². The Morgan fingerprint density at radius 3 is 2.55 bits per heavy atom. The van der Waals surface area contributed by atoms with E-state index in [0.29, 0.717) is 29.1 Å². The Labute approximate surface area is 167 Å². The number of rotatable bonds is 5. The zero-order chi connectivity index (χ0) is 20.1. The monoisotopic (exact) mass is 391 g/mol. The molecule has 0 aromatic carbocycles. The van der Waals surface area contributed by atoms with Crippen molar-refractivity contribution in [3.63, 3.8) is 0 Å². The summed E-state index contributed by atoms with van der Waals surface area (Å²) in [6.07, 6.45) is 6.57. The average molecular weight is 391 g/mol. The Morgan fingerprint density at radius 2 is 1.69 bits per heavy atom. The SMILES string of the molecule is O=C(NCC1CCOCC1)c1ncccc1NC(=O)c1nccc2ncccc12. The fourth-order valence-corrected chi connectivity index (χ4v) is 3.32. The van der Waals surface area contributed by atoms with Gasteiger partial charge in [0.1, 0.15) is 5.69 Å². The van der Waals surface area contributed by atoms with E-state index in [1.54, 1.807) is 36.5 Å². The molecule has 0 unspecified atom stereocenters. The standard InChI is InChI=1S/C21H21N5O3/c27-20(25-13-14-6-11-29-12-7-14)19-17(4-2-9-23-19)26-21(28)18-15-3-1-8-22-16(15)5-10-24-18/h1-5,8-10,14H,6-7,11-13H2,(H,25,27)(H,26,28). The average Bonchev–Trinajstić information content (AvgIpc) is 2.78. The summed E-state index contributed by atoms with van der Waals surface area (Å²) >= 11 is 0. The number of anilines is 1. The van der Waals surface area contributed by atoms with Crippen molar-refractivity contribution in [3.05, 3.63) is 60.3 Å². The first-order valence-corrected chi connectivity index (χ1v) is 9.54. The van der Waals surface area contributed by atoms with Crippen molar-refractivity contribution < 1.29 is 14.3 Å². The molecular weight excluding hydrogens is 370 g/mol. The van der Waals surface area contributed by atoms with Crippen molar-refractivity contribution in [1.82, 2.24) is 20.3 Å². The lowest BCUT2D eigenvalue weighted by Crippen LogP contribution is -2.33. The third-order valence-corrected chi connectivity index (χ3v) is 4.91. The number of nitrogens with zero attached hydrogens (tertiary/aromatic N) is 3. The second kappa shape index (κ2) is 8.74. The molecule has 2 N–H and O–H groups in total. The molecule has 29 heavy (non-hydrogen) atoms. The first kappa shape index (κ1) is 18.9. The van der Waals surface area contributed by atoms with Gasteiger partial charge in [-0.25, -0.2) is 4.98 Å². The van der Waals surface area contributed by atoms with Crippen LogP contribution in [-0.4, -0.2) is 46.5 Å². The maximum absolute atomic E-state index is 12.8.